The van der Waals surface area contributed by atoms with Crippen LogP contribution in [0, 0.1) is 5.82 Å². The molecule has 0 aromatic carbocycles. The molecule has 0 bridgehead atoms. The monoisotopic (exact) mass is 489 g/mol. The van der Waals surface area contributed by atoms with E-state index in [1.807, 2.05) is 0 Å². The lowest BCUT2D eigenvalue weighted by Gasteiger charge is -2.12. The number of alkyl halides is 3. The molecule has 0 spiro atoms. The maximum atomic E-state index is 13.3. The first-order valence-corrected chi connectivity index (χ1v) is 10.9. The fourth-order valence-electron chi connectivity index (χ4n) is 4.18. The second-order valence-electron chi connectivity index (χ2n) is 8.29. The van der Waals surface area contributed by atoms with Gasteiger partial charge >= 0.3 is 6.18 Å². The van der Waals surface area contributed by atoms with Crippen LogP contribution in [0.1, 0.15) is 31.4 Å². The molecule has 0 atom stereocenters. The Morgan fingerprint density at radius 2 is 1.89 bits per heavy atom. The fraction of sp³-hybridized carbons (Fsp3) is 0.318. The highest BCUT2D eigenvalue weighted by Crippen LogP contribution is 2.29. The van der Waals surface area contributed by atoms with Gasteiger partial charge in [0.25, 0.3) is 5.56 Å². The summed E-state index contributed by atoms with van der Waals surface area (Å²) in [6, 6.07) is 5.77. The van der Waals surface area contributed by atoms with Crippen LogP contribution in [-0.4, -0.2) is 36.1 Å². The first-order chi connectivity index (χ1) is 16.7. The summed E-state index contributed by atoms with van der Waals surface area (Å²) in [5, 5.41) is 9.94. The van der Waals surface area contributed by atoms with Gasteiger partial charge in [0, 0.05) is 12.1 Å². The highest BCUT2D eigenvalue weighted by atomic mass is 19.4. The van der Waals surface area contributed by atoms with Gasteiger partial charge < -0.3 is 10.6 Å². The molecule has 4 aromatic rings. The lowest BCUT2D eigenvalue weighted by Crippen LogP contribution is -2.30. The lowest BCUT2D eigenvalue weighted by atomic mass is 10.2. The summed E-state index contributed by atoms with van der Waals surface area (Å²) in [7, 11) is 0. The van der Waals surface area contributed by atoms with Crippen molar-refractivity contribution < 1.29 is 22.4 Å². The van der Waals surface area contributed by atoms with Crippen molar-refractivity contribution in [3.63, 3.8) is 0 Å². The summed E-state index contributed by atoms with van der Waals surface area (Å²) in [5.41, 5.74) is -2.04. The van der Waals surface area contributed by atoms with Crippen LogP contribution in [0.15, 0.2) is 41.3 Å². The number of hydrogen-bond donors (Lipinski definition) is 2. The molecule has 4 aromatic heterocycles. The van der Waals surface area contributed by atoms with Gasteiger partial charge in [0.2, 0.25) is 5.91 Å². The summed E-state index contributed by atoms with van der Waals surface area (Å²) in [6.07, 6.45) is 0.156. The number of hydrogen-bond acceptors (Lipinski definition) is 6. The Bertz CT molecular complexity index is 1470. The van der Waals surface area contributed by atoms with Gasteiger partial charge in [-0.05, 0) is 37.1 Å². The van der Waals surface area contributed by atoms with Crippen LogP contribution in [0.3, 0.4) is 0 Å². The predicted molar refractivity (Wildman–Crippen MR) is 118 cm³/mol. The third kappa shape index (κ3) is 4.53. The first kappa shape index (κ1) is 22.7. The molecule has 0 radical (unpaired) electrons. The molecule has 4 heterocycles. The standard InChI is InChI=1S/C22H19F4N7O2/c23-12-5-8-16(27-10-12)30-18(34)11-32-19-9-17(28-13-3-1-2-4-13)31-33(19)20-14(21(32)35)6-7-15(29-20)22(24,25)26/h5-10,13H,1-4,11H2,(H,28,31)(H,27,30,34). The topological polar surface area (TPSA) is 106 Å². The largest absolute Gasteiger partial charge is 0.433 e. The van der Waals surface area contributed by atoms with E-state index in [-0.39, 0.29) is 28.5 Å². The summed E-state index contributed by atoms with van der Waals surface area (Å²) in [5.74, 6) is -0.784. The van der Waals surface area contributed by atoms with Crippen molar-refractivity contribution >= 4 is 34.2 Å². The van der Waals surface area contributed by atoms with Crippen molar-refractivity contribution in [1.82, 2.24) is 24.1 Å². The maximum absolute atomic E-state index is 13.3. The SMILES string of the molecule is O=C(Cn1c(=O)c2ccc(C(F)(F)F)nc2n2nc(NC3CCCC3)cc12)Nc1ccc(F)cn1. The van der Waals surface area contributed by atoms with Crippen molar-refractivity contribution in [3.05, 3.63) is 58.4 Å². The van der Waals surface area contributed by atoms with E-state index in [2.05, 4.69) is 25.7 Å². The van der Waals surface area contributed by atoms with Gasteiger partial charge in [-0.2, -0.15) is 17.7 Å². The molecule has 1 saturated carbocycles. The van der Waals surface area contributed by atoms with Crippen LogP contribution in [-0.2, 0) is 17.5 Å². The number of fused-ring (bicyclic) bond motifs is 3. The van der Waals surface area contributed by atoms with E-state index < -0.39 is 35.7 Å². The van der Waals surface area contributed by atoms with E-state index in [4.69, 9.17) is 0 Å². The van der Waals surface area contributed by atoms with Gasteiger partial charge in [-0.3, -0.25) is 14.2 Å². The molecule has 35 heavy (non-hydrogen) atoms. The Balaban J connectivity index is 1.60. The van der Waals surface area contributed by atoms with Crippen molar-refractivity contribution in [2.45, 2.75) is 44.4 Å². The fourth-order valence-corrected chi connectivity index (χ4v) is 4.18. The number of anilines is 2. The molecular formula is C22H19F4N7O2. The van der Waals surface area contributed by atoms with E-state index in [1.54, 1.807) is 0 Å². The van der Waals surface area contributed by atoms with Crippen molar-refractivity contribution in [2.24, 2.45) is 0 Å². The molecule has 182 valence electrons. The number of carbonyl (C=O) groups is 1. The van der Waals surface area contributed by atoms with Crippen LogP contribution < -0.4 is 16.2 Å². The molecule has 1 aliphatic rings. The zero-order chi connectivity index (χ0) is 24.7. The second-order valence-corrected chi connectivity index (χ2v) is 8.29. The average Bonchev–Trinajstić information content (AvgIpc) is 3.47. The molecule has 1 fully saturated rings. The maximum Gasteiger partial charge on any atom is 0.433 e. The number of rotatable bonds is 5. The van der Waals surface area contributed by atoms with E-state index in [1.165, 1.54) is 12.1 Å². The third-order valence-electron chi connectivity index (χ3n) is 5.81. The van der Waals surface area contributed by atoms with Crippen molar-refractivity contribution in [1.29, 1.82) is 0 Å². The smallest absolute Gasteiger partial charge is 0.366 e. The molecular weight excluding hydrogens is 470 g/mol. The van der Waals surface area contributed by atoms with Gasteiger partial charge in [0.1, 0.15) is 29.5 Å². The number of carbonyl (C=O) groups excluding carboxylic acids is 1. The summed E-state index contributed by atoms with van der Waals surface area (Å²) >= 11 is 0. The zero-order valence-electron chi connectivity index (χ0n) is 18.1. The Morgan fingerprint density at radius 3 is 2.57 bits per heavy atom. The van der Waals surface area contributed by atoms with Gasteiger partial charge in [0.15, 0.2) is 11.5 Å². The lowest BCUT2D eigenvalue weighted by molar-refractivity contribution is -0.141. The number of nitrogens with one attached hydrogen (secondary N) is 2. The van der Waals surface area contributed by atoms with E-state index in [0.29, 0.717) is 11.9 Å². The molecule has 0 saturated heterocycles. The minimum atomic E-state index is -4.71. The summed E-state index contributed by atoms with van der Waals surface area (Å²) < 4.78 is 55.2. The van der Waals surface area contributed by atoms with E-state index in [9.17, 15) is 27.2 Å². The summed E-state index contributed by atoms with van der Waals surface area (Å²) in [4.78, 5) is 33.3. The number of pyridine rings is 2. The molecule has 1 amide bonds. The second kappa shape index (κ2) is 8.64. The molecule has 13 heteroatoms. The quantitative estimate of drug-likeness (QED) is 0.415. The Morgan fingerprint density at radius 1 is 1.11 bits per heavy atom. The van der Waals surface area contributed by atoms with Gasteiger partial charge in [-0.25, -0.2) is 14.4 Å². The molecule has 9 nitrogen and oxygen atoms in total. The zero-order valence-corrected chi connectivity index (χ0v) is 18.1. The Labute approximate surface area is 194 Å². The highest BCUT2D eigenvalue weighted by Gasteiger charge is 2.33. The van der Waals surface area contributed by atoms with Crippen LogP contribution >= 0.6 is 0 Å². The first-order valence-electron chi connectivity index (χ1n) is 10.9. The molecule has 1 aliphatic carbocycles. The normalized spacial score (nSPS) is 14.6. The predicted octanol–water partition coefficient (Wildman–Crippen LogP) is 3.59. The van der Waals surface area contributed by atoms with Gasteiger partial charge in [-0.15, -0.1) is 5.10 Å². The van der Waals surface area contributed by atoms with Gasteiger partial charge in [0.05, 0.1) is 11.6 Å². The van der Waals surface area contributed by atoms with E-state index >= 15 is 0 Å². The minimum Gasteiger partial charge on any atom is -0.366 e. The molecule has 2 N–H and O–H groups in total. The molecule has 0 unspecified atom stereocenters. The minimum absolute atomic E-state index is 0.0786. The number of halogens is 4. The van der Waals surface area contributed by atoms with E-state index in [0.717, 1.165) is 53.1 Å². The van der Waals surface area contributed by atoms with Gasteiger partial charge in [-0.1, -0.05) is 12.8 Å². The number of amides is 1. The number of nitrogens with zero attached hydrogens (tertiary/aromatic N) is 5. The third-order valence-corrected chi connectivity index (χ3v) is 5.81. The molecule has 0 aliphatic heterocycles. The number of aromatic nitrogens is 5. The van der Waals surface area contributed by atoms with Crippen LogP contribution in [0.5, 0.6) is 0 Å². The Hall–Kier alpha value is -4.03. The van der Waals surface area contributed by atoms with Crippen LogP contribution in [0.4, 0.5) is 29.2 Å². The van der Waals surface area contributed by atoms with Crippen molar-refractivity contribution in [2.75, 3.05) is 10.6 Å². The van der Waals surface area contributed by atoms with Crippen LogP contribution in [0.25, 0.3) is 16.7 Å². The average molecular weight is 489 g/mol. The molecule has 5 rings (SSSR count). The van der Waals surface area contributed by atoms with Crippen LogP contribution in [0.2, 0.25) is 0 Å². The summed E-state index contributed by atoms with van der Waals surface area (Å²) in [6.45, 7) is -0.479. The van der Waals surface area contributed by atoms with Crippen molar-refractivity contribution in [3.8, 4) is 0 Å². The Kier molecular flexibility index (Phi) is 5.61. The highest BCUT2D eigenvalue weighted by molar-refractivity contribution is 5.90.